The van der Waals surface area contributed by atoms with Gasteiger partial charge in [0.15, 0.2) is 0 Å². The van der Waals surface area contributed by atoms with Crippen LogP contribution in [0, 0.1) is 6.92 Å². The Hall–Kier alpha value is -2.05. The second kappa shape index (κ2) is 10.0. The molecule has 2 aliphatic rings. The Balaban J connectivity index is 1.78. The van der Waals surface area contributed by atoms with Gasteiger partial charge in [-0.1, -0.05) is 108 Å². The van der Waals surface area contributed by atoms with E-state index in [1.54, 1.807) is 5.56 Å². The van der Waals surface area contributed by atoms with Crippen molar-refractivity contribution in [2.24, 2.45) is 0 Å². The Kier molecular flexibility index (Phi) is 7.51. The van der Waals surface area contributed by atoms with E-state index in [-0.39, 0.29) is 5.04 Å². The fraction of sp³-hybridized carbons (Fsp3) is 0.500. The first-order valence-corrected chi connectivity index (χ1v) is 20.1. The molecule has 0 aromatic heterocycles. The molecule has 1 atom stereocenters. The van der Waals surface area contributed by atoms with E-state index < -0.39 is 16.1 Å². The molecule has 2 nitrogen and oxygen atoms in total. The van der Waals surface area contributed by atoms with Gasteiger partial charge in [0.05, 0.1) is 16.1 Å². The van der Waals surface area contributed by atoms with E-state index in [1.807, 2.05) is 6.08 Å². The fourth-order valence-electron chi connectivity index (χ4n) is 5.98. The second-order valence-electron chi connectivity index (χ2n) is 13.3. The van der Waals surface area contributed by atoms with Crippen LogP contribution in [0.1, 0.15) is 61.4 Å². The van der Waals surface area contributed by atoms with Crippen molar-refractivity contribution in [2.75, 3.05) is 19.7 Å². The zero-order valence-corrected chi connectivity index (χ0v) is 26.0. The number of hydrogen-bond donors (Lipinski definition) is 0. The summed E-state index contributed by atoms with van der Waals surface area (Å²) in [6.07, 6.45) is 7.15. The van der Waals surface area contributed by atoms with Crippen LogP contribution >= 0.6 is 0 Å². The molecule has 1 heterocycles. The van der Waals surface area contributed by atoms with Crippen molar-refractivity contribution < 1.29 is 4.74 Å². The van der Waals surface area contributed by atoms with Gasteiger partial charge in [-0.05, 0) is 52.7 Å². The minimum absolute atomic E-state index is 0.245. The number of benzene rings is 2. The van der Waals surface area contributed by atoms with Gasteiger partial charge in [0, 0.05) is 24.4 Å². The van der Waals surface area contributed by atoms with Crippen LogP contribution in [0.25, 0.3) is 5.70 Å². The molecule has 0 saturated carbocycles. The SMILES string of the molecule is C=CCOc1c(C[Si](C)(C)C2C=C(N3CCCC3)c3ccccc32)cc(C)cc1[Si](C)(C)C(C)(C)C. The highest BCUT2D eigenvalue weighted by atomic mass is 28.3. The van der Waals surface area contributed by atoms with E-state index in [4.69, 9.17) is 4.74 Å². The Bertz CT molecular complexity index is 1150. The molecule has 0 amide bonds. The van der Waals surface area contributed by atoms with E-state index >= 15 is 0 Å². The van der Waals surface area contributed by atoms with Gasteiger partial charge in [0.1, 0.15) is 12.4 Å². The highest BCUT2D eigenvalue weighted by Gasteiger charge is 2.42. The number of aryl methyl sites for hydroxylation is 1. The van der Waals surface area contributed by atoms with Crippen molar-refractivity contribution in [1.29, 1.82) is 0 Å². The van der Waals surface area contributed by atoms with Crippen LogP contribution in [0.2, 0.25) is 31.2 Å². The Labute approximate surface area is 222 Å². The van der Waals surface area contributed by atoms with Crippen molar-refractivity contribution in [1.82, 2.24) is 4.90 Å². The zero-order valence-electron chi connectivity index (χ0n) is 24.0. The Morgan fingerprint density at radius 2 is 1.72 bits per heavy atom. The molecule has 1 aliphatic heterocycles. The maximum absolute atomic E-state index is 6.55. The molecule has 0 N–H and O–H groups in total. The van der Waals surface area contributed by atoms with Gasteiger partial charge in [0.2, 0.25) is 0 Å². The lowest BCUT2D eigenvalue weighted by Gasteiger charge is -2.39. The number of fused-ring (bicyclic) bond motifs is 1. The van der Waals surface area contributed by atoms with E-state index in [0.29, 0.717) is 12.1 Å². The number of nitrogens with zero attached hydrogens (tertiary/aromatic N) is 1. The number of ether oxygens (including phenoxy) is 1. The van der Waals surface area contributed by atoms with E-state index in [2.05, 4.69) is 108 Å². The molecule has 0 radical (unpaired) electrons. The standard InChI is InChI=1S/C32H47NOSi2/c1-10-19-34-31-25(20-24(2)21-30(31)36(8,9)32(3,4)5)23-35(6,7)29-22-28(33-17-13-14-18-33)26-15-11-12-16-27(26)29/h10-12,15-16,20-22,29H,1,13-14,17-19,23H2,2-9H3. The first kappa shape index (κ1) is 27.0. The second-order valence-corrected chi connectivity index (χ2v) is 23.5. The molecule has 1 unspecified atom stereocenters. The summed E-state index contributed by atoms with van der Waals surface area (Å²) in [6.45, 7) is 26.6. The van der Waals surface area contributed by atoms with Crippen molar-refractivity contribution in [3.05, 3.63) is 77.4 Å². The third-order valence-corrected chi connectivity index (χ3v) is 18.0. The number of allylic oxidation sites excluding steroid dienone is 1. The van der Waals surface area contributed by atoms with Gasteiger partial charge in [0.25, 0.3) is 0 Å². The van der Waals surface area contributed by atoms with Gasteiger partial charge in [-0.2, -0.15) is 0 Å². The molecule has 0 bridgehead atoms. The van der Waals surface area contributed by atoms with Crippen LogP contribution in [-0.4, -0.2) is 40.7 Å². The number of likely N-dealkylation sites (tertiary alicyclic amines) is 1. The predicted molar refractivity (Wildman–Crippen MR) is 163 cm³/mol. The predicted octanol–water partition coefficient (Wildman–Crippen LogP) is 7.84. The average Bonchev–Trinajstić information content (AvgIpc) is 3.45. The molecule has 194 valence electrons. The van der Waals surface area contributed by atoms with E-state index in [0.717, 1.165) is 11.8 Å². The van der Waals surface area contributed by atoms with Crippen molar-refractivity contribution in [3.63, 3.8) is 0 Å². The van der Waals surface area contributed by atoms with Gasteiger partial charge in [-0.15, -0.1) is 0 Å². The molecule has 1 aliphatic carbocycles. The van der Waals surface area contributed by atoms with E-state index in [1.165, 1.54) is 53.5 Å². The molecule has 0 spiro atoms. The summed E-state index contributed by atoms with van der Waals surface area (Å²) < 4.78 is 6.55. The van der Waals surface area contributed by atoms with Gasteiger partial charge >= 0.3 is 0 Å². The van der Waals surface area contributed by atoms with Crippen LogP contribution < -0.4 is 9.92 Å². The van der Waals surface area contributed by atoms with Gasteiger partial charge in [-0.25, -0.2) is 0 Å². The molecule has 2 aromatic rings. The van der Waals surface area contributed by atoms with E-state index in [9.17, 15) is 0 Å². The molecule has 4 rings (SSSR count). The van der Waals surface area contributed by atoms with Crippen molar-refractivity contribution in [2.45, 2.75) is 83.3 Å². The molecule has 36 heavy (non-hydrogen) atoms. The summed E-state index contributed by atoms with van der Waals surface area (Å²) in [5.74, 6) is 1.16. The summed E-state index contributed by atoms with van der Waals surface area (Å²) >= 11 is 0. The van der Waals surface area contributed by atoms with Crippen molar-refractivity contribution >= 4 is 27.0 Å². The van der Waals surface area contributed by atoms with Crippen molar-refractivity contribution in [3.8, 4) is 5.75 Å². The largest absolute Gasteiger partial charge is 0.489 e. The minimum Gasteiger partial charge on any atom is -0.489 e. The third kappa shape index (κ3) is 5.04. The lowest BCUT2D eigenvalue weighted by atomic mass is 10.1. The number of hydrogen-bond acceptors (Lipinski definition) is 2. The fourth-order valence-corrected chi connectivity index (χ4v) is 11.3. The summed E-state index contributed by atoms with van der Waals surface area (Å²) in [6, 6.07) is 15.1. The average molecular weight is 518 g/mol. The monoisotopic (exact) mass is 517 g/mol. The van der Waals surface area contributed by atoms with Crippen LogP contribution in [0.5, 0.6) is 5.75 Å². The maximum atomic E-state index is 6.55. The molecule has 2 aromatic carbocycles. The highest BCUT2D eigenvalue weighted by Crippen LogP contribution is 2.45. The first-order chi connectivity index (χ1) is 16.9. The minimum atomic E-state index is -1.79. The molecular weight excluding hydrogens is 471 g/mol. The number of rotatable bonds is 8. The van der Waals surface area contributed by atoms with Crippen LogP contribution in [0.3, 0.4) is 0 Å². The Morgan fingerprint density at radius 3 is 2.36 bits per heavy atom. The maximum Gasteiger partial charge on any atom is 0.121 e. The molecule has 1 saturated heterocycles. The quantitative estimate of drug-likeness (QED) is 0.261. The van der Waals surface area contributed by atoms with Crippen LogP contribution in [0.15, 0.2) is 55.1 Å². The topological polar surface area (TPSA) is 12.5 Å². The summed E-state index contributed by atoms with van der Waals surface area (Å²) in [5, 5.41) is 1.71. The Morgan fingerprint density at radius 1 is 1.06 bits per heavy atom. The van der Waals surface area contributed by atoms with Crippen LogP contribution in [0.4, 0.5) is 0 Å². The van der Waals surface area contributed by atoms with Gasteiger partial charge < -0.3 is 9.64 Å². The highest BCUT2D eigenvalue weighted by molar-refractivity contribution is 6.92. The van der Waals surface area contributed by atoms with Gasteiger partial charge in [-0.3, -0.25) is 0 Å². The normalized spacial score (nSPS) is 18.3. The smallest absolute Gasteiger partial charge is 0.121 e. The summed E-state index contributed by atoms with van der Waals surface area (Å²) in [7, 11) is -3.56. The third-order valence-electron chi connectivity index (χ3n) is 9.04. The molecule has 1 fully saturated rings. The first-order valence-electron chi connectivity index (χ1n) is 13.8. The summed E-state index contributed by atoms with van der Waals surface area (Å²) in [4.78, 5) is 2.63. The molecular formula is C32H47NOSi2. The summed E-state index contributed by atoms with van der Waals surface area (Å²) in [5.41, 5.74) is 7.80. The lowest BCUT2D eigenvalue weighted by Crippen LogP contribution is -2.50. The molecule has 4 heteroatoms. The van der Waals surface area contributed by atoms with Crippen LogP contribution in [-0.2, 0) is 6.04 Å². The lowest BCUT2D eigenvalue weighted by molar-refractivity contribution is 0.362. The zero-order chi connectivity index (χ0) is 26.3.